The summed E-state index contributed by atoms with van der Waals surface area (Å²) in [5, 5.41) is 9.26. The van der Waals surface area contributed by atoms with Crippen LogP contribution in [0.25, 0.3) is 0 Å². The molecule has 3 N–H and O–H groups in total. The summed E-state index contributed by atoms with van der Waals surface area (Å²) in [6, 6.07) is 6.09. The van der Waals surface area contributed by atoms with E-state index < -0.39 is 6.04 Å². The molecule has 0 radical (unpaired) electrons. The van der Waals surface area contributed by atoms with Crippen LogP contribution in [0.1, 0.15) is 89.5 Å². The second-order valence-corrected chi connectivity index (χ2v) is 7.53. The Labute approximate surface area is 165 Å². The van der Waals surface area contributed by atoms with Crippen molar-refractivity contribution in [3.05, 3.63) is 29.8 Å². The maximum absolute atomic E-state index is 11.9. The quantitative estimate of drug-likeness (QED) is 0.294. The van der Waals surface area contributed by atoms with Crippen molar-refractivity contribution < 1.29 is 14.6 Å². The van der Waals surface area contributed by atoms with E-state index in [0.29, 0.717) is 13.0 Å². The number of nitrogens with two attached hydrogens (primary N) is 1. The van der Waals surface area contributed by atoms with E-state index in [-0.39, 0.29) is 11.7 Å². The number of phenols is 1. The number of hydrogen-bond acceptors (Lipinski definition) is 4. The van der Waals surface area contributed by atoms with Crippen LogP contribution in [0.2, 0.25) is 0 Å². The van der Waals surface area contributed by atoms with Gasteiger partial charge in [0, 0.05) is 0 Å². The van der Waals surface area contributed by atoms with Crippen LogP contribution in [0.5, 0.6) is 5.75 Å². The van der Waals surface area contributed by atoms with Gasteiger partial charge in [0.1, 0.15) is 11.8 Å². The third-order valence-corrected chi connectivity index (χ3v) is 4.94. The van der Waals surface area contributed by atoms with Gasteiger partial charge in [-0.3, -0.25) is 4.79 Å². The van der Waals surface area contributed by atoms with Gasteiger partial charge in [0.05, 0.1) is 6.61 Å². The van der Waals surface area contributed by atoms with Crippen LogP contribution in [0, 0.1) is 0 Å². The van der Waals surface area contributed by atoms with E-state index in [1.54, 1.807) is 24.3 Å². The first-order valence-electron chi connectivity index (χ1n) is 10.8. The molecule has 0 aliphatic rings. The van der Waals surface area contributed by atoms with Crippen molar-refractivity contribution in [2.45, 2.75) is 96.4 Å². The standard InChI is InChI=1S/C23H39NO3/c1-2-3-4-5-6-7-8-9-10-11-12-13-18-27-23(26)22(24)19-20-14-16-21(25)17-15-20/h14-17,22,25H,2-13,18-19,24H2,1H3. The van der Waals surface area contributed by atoms with Gasteiger partial charge in [-0.1, -0.05) is 89.7 Å². The van der Waals surface area contributed by atoms with Crippen molar-refractivity contribution in [1.82, 2.24) is 0 Å². The highest BCUT2D eigenvalue weighted by atomic mass is 16.5. The predicted molar refractivity (Wildman–Crippen MR) is 112 cm³/mol. The lowest BCUT2D eigenvalue weighted by Crippen LogP contribution is -2.34. The predicted octanol–water partition coefficient (Wildman–Crippen LogP) is 5.51. The molecule has 0 bridgehead atoms. The van der Waals surface area contributed by atoms with Gasteiger partial charge in [-0.2, -0.15) is 0 Å². The van der Waals surface area contributed by atoms with Gasteiger partial charge < -0.3 is 15.6 Å². The fourth-order valence-electron chi connectivity index (χ4n) is 3.19. The average Bonchev–Trinajstić information content (AvgIpc) is 2.67. The van der Waals surface area contributed by atoms with Crippen LogP contribution in [-0.2, 0) is 16.0 Å². The number of phenolic OH excluding ortho intramolecular Hbond substituents is 1. The van der Waals surface area contributed by atoms with E-state index in [1.807, 2.05) is 0 Å². The van der Waals surface area contributed by atoms with Crippen LogP contribution in [0.15, 0.2) is 24.3 Å². The van der Waals surface area contributed by atoms with Crippen molar-refractivity contribution in [2.75, 3.05) is 6.61 Å². The highest BCUT2D eigenvalue weighted by Crippen LogP contribution is 2.13. The summed E-state index contributed by atoms with van der Waals surface area (Å²) in [5.41, 5.74) is 6.82. The maximum Gasteiger partial charge on any atom is 0.323 e. The molecular weight excluding hydrogens is 338 g/mol. The molecule has 1 rings (SSSR count). The molecule has 1 aromatic carbocycles. The van der Waals surface area contributed by atoms with Crippen molar-refractivity contribution in [3.63, 3.8) is 0 Å². The summed E-state index contributed by atoms with van der Waals surface area (Å²) in [5.74, 6) is -0.131. The van der Waals surface area contributed by atoms with Gasteiger partial charge in [0.15, 0.2) is 0 Å². The lowest BCUT2D eigenvalue weighted by Gasteiger charge is -2.11. The van der Waals surface area contributed by atoms with Gasteiger partial charge in [-0.05, 0) is 30.5 Å². The molecule has 0 spiro atoms. The molecule has 154 valence electrons. The minimum Gasteiger partial charge on any atom is -0.508 e. The molecule has 0 heterocycles. The van der Waals surface area contributed by atoms with E-state index in [4.69, 9.17) is 10.5 Å². The van der Waals surface area contributed by atoms with E-state index in [9.17, 15) is 9.90 Å². The summed E-state index contributed by atoms with van der Waals surface area (Å²) in [4.78, 5) is 11.9. The van der Waals surface area contributed by atoms with Gasteiger partial charge >= 0.3 is 5.97 Å². The van der Waals surface area contributed by atoms with Gasteiger partial charge in [0.2, 0.25) is 0 Å². The third kappa shape index (κ3) is 12.5. The first kappa shape index (κ1) is 23.5. The minimum absolute atomic E-state index is 0.210. The Morgan fingerprint density at radius 3 is 1.89 bits per heavy atom. The van der Waals surface area contributed by atoms with Crippen molar-refractivity contribution in [1.29, 1.82) is 0 Å². The normalized spacial score (nSPS) is 12.1. The van der Waals surface area contributed by atoms with Crippen LogP contribution in [0.4, 0.5) is 0 Å². The molecule has 4 nitrogen and oxygen atoms in total. The Hall–Kier alpha value is -1.55. The molecule has 0 amide bonds. The third-order valence-electron chi connectivity index (χ3n) is 4.94. The Balaban J connectivity index is 1.92. The molecule has 4 heteroatoms. The Morgan fingerprint density at radius 1 is 0.889 bits per heavy atom. The van der Waals surface area contributed by atoms with E-state index in [1.165, 1.54) is 64.2 Å². The number of rotatable bonds is 16. The highest BCUT2D eigenvalue weighted by Gasteiger charge is 2.15. The van der Waals surface area contributed by atoms with Crippen LogP contribution in [-0.4, -0.2) is 23.7 Å². The van der Waals surface area contributed by atoms with E-state index in [2.05, 4.69) is 6.92 Å². The molecule has 0 saturated heterocycles. The summed E-state index contributed by atoms with van der Waals surface area (Å²) < 4.78 is 5.28. The zero-order valence-electron chi connectivity index (χ0n) is 17.1. The molecule has 1 atom stereocenters. The largest absolute Gasteiger partial charge is 0.508 e. The second-order valence-electron chi connectivity index (χ2n) is 7.53. The Morgan fingerprint density at radius 2 is 1.37 bits per heavy atom. The fraction of sp³-hybridized carbons (Fsp3) is 0.696. The van der Waals surface area contributed by atoms with Crippen LogP contribution >= 0.6 is 0 Å². The maximum atomic E-state index is 11.9. The number of unbranched alkanes of at least 4 members (excludes halogenated alkanes) is 11. The smallest absolute Gasteiger partial charge is 0.323 e. The Kier molecular flexibility index (Phi) is 13.5. The SMILES string of the molecule is CCCCCCCCCCCCCCOC(=O)C(N)Cc1ccc(O)cc1. The van der Waals surface area contributed by atoms with Crippen molar-refractivity contribution in [3.8, 4) is 5.75 Å². The molecule has 0 aromatic heterocycles. The average molecular weight is 378 g/mol. The molecule has 0 fully saturated rings. The zero-order valence-corrected chi connectivity index (χ0v) is 17.1. The van der Waals surface area contributed by atoms with Crippen molar-refractivity contribution >= 4 is 5.97 Å². The van der Waals surface area contributed by atoms with Gasteiger partial charge in [-0.25, -0.2) is 0 Å². The summed E-state index contributed by atoms with van der Waals surface area (Å²) >= 11 is 0. The zero-order chi connectivity index (χ0) is 19.7. The summed E-state index contributed by atoms with van der Waals surface area (Å²) in [6.07, 6.45) is 15.9. The monoisotopic (exact) mass is 377 g/mol. The fourth-order valence-corrected chi connectivity index (χ4v) is 3.19. The number of benzene rings is 1. The topological polar surface area (TPSA) is 72.5 Å². The number of carbonyl (C=O) groups excluding carboxylic acids is 1. The van der Waals surface area contributed by atoms with E-state index in [0.717, 1.165) is 18.4 Å². The van der Waals surface area contributed by atoms with Gasteiger partial charge in [-0.15, -0.1) is 0 Å². The van der Waals surface area contributed by atoms with Crippen LogP contribution < -0.4 is 5.73 Å². The number of hydrogen-bond donors (Lipinski definition) is 2. The lowest BCUT2D eigenvalue weighted by atomic mass is 10.1. The molecular formula is C23H39NO3. The molecule has 1 aromatic rings. The minimum atomic E-state index is -0.646. The van der Waals surface area contributed by atoms with Gasteiger partial charge in [0.25, 0.3) is 0 Å². The first-order valence-corrected chi connectivity index (χ1v) is 10.8. The summed E-state index contributed by atoms with van der Waals surface area (Å²) in [6.45, 7) is 2.71. The number of ether oxygens (including phenoxy) is 1. The number of aromatic hydroxyl groups is 1. The highest BCUT2D eigenvalue weighted by molar-refractivity contribution is 5.75. The van der Waals surface area contributed by atoms with Crippen molar-refractivity contribution in [2.24, 2.45) is 5.73 Å². The molecule has 0 aliphatic carbocycles. The Bertz CT molecular complexity index is 487. The first-order chi connectivity index (χ1) is 13.1. The molecule has 27 heavy (non-hydrogen) atoms. The number of esters is 1. The number of carbonyl (C=O) groups is 1. The van der Waals surface area contributed by atoms with E-state index >= 15 is 0 Å². The summed E-state index contributed by atoms with van der Waals surface area (Å²) in [7, 11) is 0. The molecule has 0 saturated carbocycles. The van der Waals surface area contributed by atoms with Crippen LogP contribution in [0.3, 0.4) is 0 Å². The molecule has 0 aliphatic heterocycles. The molecule has 1 unspecified atom stereocenters. The lowest BCUT2D eigenvalue weighted by molar-refractivity contribution is -0.145. The second kappa shape index (κ2) is 15.5.